The second-order valence-corrected chi connectivity index (χ2v) is 7.16. The van der Waals surface area contributed by atoms with Gasteiger partial charge in [-0.3, -0.25) is 4.68 Å². The third kappa shape index (κ3) is 1.20. The zero-order valence-electron chi connectivity index (χ0n) is 11.9. The average molecular weight is 291 g/mol. The van der Waals surface area contributed by atoms with Crippen molar-refractivity contribution in [1.29, 1.82) is 0 Å². The van der Waals surface area contributed by atoms with Crippen LogP contribution < -0.4 is 0 Å². The van der Waals surface area contributed by atoms with Gasteiger partial charge < -0.3 is 4.57 Å². The summed E-state index contributed by atoms with van der Waals surface area (Å²) in [5.41, 5.74) is 3.24. The van der Waals surface area contributed by atoms with Crippen LogP contribution >= 0.6 is 11.6 Å². The van der Waals surface area contributed by atoms with Crippen LogP contribution in [-0.4, -0.2) is 19.3 Å². The molecule has 4 unspecified atom stereocenters. The van der Waals surface area contributed by atoms with Gasteiger partial charge in [0.25, 0.3) is 0 Å². The van der Waals surface area contributed by atoms with Gasteiger partial charge in [-0.15, -0.1) is 11.6 Å². The first-order valence-electron chi connectivity index (χ1n) is 7.67. The number of aryl methyl sites for hydroxylation is 2. The van der Waals surface area contributed by atoms with Crippen molar-refractivity contribution in [3.63, 3.8) is 0 Å². The number of halogens is 1. The Bertz CT molecular complexity index is 699. The van der Waals surface area contributed by atoms with Gasteiger partial charge >= 0.3 is 0 Å². The fraction of sp³-hybridized carbons (Fsp3) is 0.733. The van der Waals surface area contributed by atoms with Crippen LogP contribution in [-0.2, 0) is 12.9 Å². The fourth-order valence-corrected chi connectivity index (χ4v) is 5.56. The minimum atomic E-state index is 0.499. The predicted molar refractivity (Wildman–Crippen MR) is 77.6 cm³/mol. The molecule has 106 valence electrons. The molecule has 2 bridgehead atoms. The van der Waals surface area contributed by atoms with E-state index in [1.54, 1.807) is 0 Å². The van der Waals surface area contributed by atoms with Crippen molar-refractivity contribution in [2.45, 2.75) is 38.1 Å². The smallest absolute Gasteiger partial charge is 0.158 e. The Kier molecular flexibility index (Phi) is 2.08. The monoisotopic (exact) mass is 290 g/mol. The van der Waals surface area contributed by atoms with E-state index in [1.807, 2.05) is 18.7 Å². The van der Waals surface area contributed by atoms with Crippen molar-refractivity contribution < 1.29 is 0 Å². The highest BCUT2D eigenvalue weighted by Gasteiger charge is 2.66. The molecule has 5 heteroatoms. The molecule has 20 heavy (non-hydrogen) atoms. The Morgan fingerprint density at radius 1 is 1.25 bits per heavy atom. The number of hydrogen-bond donors (Lipinski definition) is 0. The van der Waals surface area contributed by atoms with Crippen LogP contribution in [0.3, 0.4) is 0 Å². The Morgan fingerprint density at radius 2 is 1.95 bits per heavy atom. The number of hydrogen-bond acceptors (Lipinski definition) is 2. The first-order valence-corrected chi connectivity index (χ1v) is 8.20. The molecule has 2 heterocycles. The van der Waals surface area contributed by atoms with Gasteiger partial charge in [-0.05, 0) is 49.9 Å². The van der Waals surface area contributed by atoms with E-state index in [-0.39, 0.29) is 0 Å². The summed E-state index contributed by atoms with van der Waals surface area (Å²) in [7, 11) is 2.03. The summed E-state index contributed by atoms with van der Waals surface area (Å²) < 4.78 is 4.42. The van der Waals surface area contributed by atoms with Gasteiger partial charge in [-0.25, -0.2) is 4.98 Å². The highest BCUT2D eigenvalue weighted by Crippen LogP contribution is 2.72. The van der Waals surface area contributed by atoms with Gasteiger partial charge in [0, 0.05) is 13.1 Å². The molecular weight excluding hydrogens is 272 g/mol. The number of fused-ring (bicyclic) bond motifs is 6. The van der Waals surface area contributed by atoms with Crippen LogP contribution in [0.15, 0.2) is 0 Å². The largest absolute Gasteiger partial charge is 0.308 e. The molecule has 0 aromatic carbocycles. The van der Waals surface area contributed by atoms with Crippen molar-refractivity contribution in [3.8, 4) is 0 Å². The molecule has 0 saturated heterocycles. The van der Waals surface area contributed by atoms with Crippen LogP contribution in [0.1, 0.15) is 36.8 Å². The molecule has 0 radical (unpaired) electrons. The SMILES string of the molecule is Cc1nn(C)c2c1nc(CCl)n2C1C2C3CCC(C3)C21. The maximum absolute atomic E-state index is 6.17. The average Bonchev–Trinajstić information content (AvgIpc) is 2.83. The zero-order valence-corrected chi connectivity index (χ0v) is 12.6. The number of aromatic nitrogens is 4. The van der Waals surface area contributed by atoms with Gasteiger partial charge in [0.2, 0.25) is 0 Å². The Labute approximate surface area is 123 Å². The first kappa shape index (κ1) is 11.6. The topological polar surface area (TPSA) is 35.6 Å². The van der Waals surface area contributed by atoms with Crippen LogP contribution in [0.25, 0.3) is 11.2 Å². The van der Waals surface area contributed by atoms with Crippen LogP contribution in [0.4, 0.5) is 0 Å². The van der Waals surface area contributed by atoms with Crippen molar-refractivity contribution in [2.75, 3.05) is 0 Å². The molecule has 5 rings (SSSR count). The molecule has 2 aromatic rings. The summed E-state index contributed by atoms with van der Waals surface area (Å²) in [5, 5.41) is 4.53. The quantitative estimate of drug-likeness (QED) is 0.797. The van der Waals surface area contributed by atoms with E-state index in [2.05, 4.69) is 9.67 Å². The highest BCUT2D eigenvalue weighted by molar-refractivity contribution is 6.16. The highest BCUT2D eigenvalue weighted by atomic mass is 35.5. The Balaban J connectivity index is 1.69. The minimum absolute atomic E-state index is 0.499. The van der Waals surface area contributed by atoms with E-state index in [9.17, 15) is 0 Å². The lowest BCUT2D eigenvalue weighted by Gasteiger charge is -2.13. The second-order valence-electron chi connectivity index (χ2n) is 6.89. The summed E-state index contributed by atoms with van der Waals surface area (Å²) in [5.74, 6) is 5.25. The van der Waals surface area contributed by atoms with Crippen LogP contribution in [0.5, 0.6) is 0 Å². The summed E-state index contributed by atoms with van der Waals surface area (Å²) in [6, 6.07) is 0.648. The lowest BCUT2D eigenvalue weighted by Crippen LogP contribution is -2.10. The molecule has 0 N–H and O–H groups in total. The van der Waals surface area contributed by atoms with E-state index < -0.39 is 0 Å². The van der Waals surface area contributed by atoms with Gasteiger partial charge in [0.1, 0.15) is 11.3 Å². The summed E-state index contributed by atoms with van der Waals surface area (Å²) in [6.45, 7) is 2.04. The third-order valence-corrected chi connectivity index (χ3v) is 6.26. The standard InChI is InChI=1S/C15H19ClN4/c1-7-13-15(19(2)18-7)20(10(6-16)17-13)14-11-8-3-4-9(5-8)12(11)14/h8-9,11-12,14H,3-6H2,1-2H3. The van der Waals surface area contributed by atoms with Crippen LogP contribution in [0, 0.1) is 30.6 Å². The van der Waals surface area contributed by atoms with E-state index in [0.717, 1.165) is 40.7 Å². The normalized spacial score (nSPS) is 37.9. The maximum atomic E-state index is 6.17. The number of rotatable bonds is 2. The molecular formula is C15H19ClN4. The lowest BCUT2D eigenvalue weighted by atomic mass is 10.0. The molecule has 0 amide bonds. The van der Waals surface area contributed by atoms with Gasteiger partial charge in [-0.1, -0.05) is 0 Å². The summed E-state index contributed by atoms with van der Waals surface area (Å²) in [4.78, 5) is 4.76. The Morgan fingerprint density at radius 3 is 2.60 bits per heavy atom. The first-order chi connectivity index (χ1) is 9.70. The van der Waals surface area contributed by atoms with E-state index in [0.29, 0.717) is 11.9 Å². The van der Waals surface area contributed by atoms with Crippen molar-refractivity contribution in [2.24, 2.45) is 30.7 Å². The molecule has 0 spiro atoms. The summed E-state index contributed by atoms with van der Waals surface area (Å²) in [6.07, 6.45) is 4.37. The zero-order chi connectivity index (χ0) is 13.6. The third-order valence-electron chi connectivity index (χ3n) is 6.02. The molecule has 0 aliphatic heterocycles. The number of nitrogens with zero attached hydrogens (tertiary/aromatic N) is 4. The molecule has 4 atom stereocenters. The van der Waals surface area contributed by atoms with Crippen molar-refractivity contribution >= 4 is 22.8 Å². The van der Waals surface area contributed by atoms with E-state index >= 15 is 0 Å². The molecule has 3 aliphatic rings. The predicted octanol–water partition coefficient (Wildman–Crippen LogP) is 3.03. The molecule has 3 saturated carbocycles. The molecule has 3 aliphatic carbocycles. The van der Waals surface area contributed by atoms with Crippen LogP contribution in [0.2, 0.25) is 0 Å². The second kappa shape index (κ2) is 3.59. The Hall–Kier alpha value is -1.03. The van der Waals surface area contributed by atoms with Gasteiger partial charge in [0.15, 0.2) is 5.65 Å². The number of imidazole rings is 1. The van der Waals surface area contributed by atoms with Crippen molar-refractivity contribution in [3.05, 3.63) is 11.5 Å². The van der Waals surface area contributed by atoms with Gasteiger partial charge in [-0.2, -0.15) is 5.10 Å². The molecule has 2 aromatic heterocycles. The molecule has 3 fully saturated rings. The van der Waals surface area contributed by atoms with E-state index in [4.69, 9.17) is 16.6 Å². The van der Waals surface area contributed by atoms with Crippen molar-refractivity contribution in [1.82, 2.24) is 19.3 Å². The van der Waals surface area contributed by atoms with E-state index in [1.165, 1.54) is 24.9 Å². The summed E-state index contributed by atoms with van der Waals surface area (Å²) >= 11 is 6.17. The van der Waals surface area contributed by atoms with Gasteiger partial charge in [0.05, 0.1) is 11.6 Å². The maximum Gasteiger partial charge on any atom is 0.158 e. The number of alkyl halides is 1. The molecule has 4 nitrogen and oxygen atoms in total. The minimum Gasteiger partial charge on any atom is -0.308 e. The fourth-order valence-electron chi connectivity index (χ4n) is 5.37. The lowest BCUT2D eigenvalue weighted by molar-refractivity contribution is 0.450.